The third-order valence-electron chi connectivity index (χ3n) is 4.92. The minimum absolute atomic E-state index is 0. The first-order valence-electron chi connectivity index (χ1n) is 9.73. The number of carbonyl (C=O) groups is 1. The highest BCUT2D eigenvalue weighted by Crippen LogP contribution is 2.22. The summed E-state index contributed by atoms with van der Waals surface area (Å²) in [6.45, 7) is 3.83. The monoisotopic (exact) mass is 490 g/mol. The molecule has 0 atom stereocenters. The lowest BCUT2D eigenvalue weighted by Crippen LogP contribution is -2.44. The molecule has 1 aromatic rings. The topological polar surface area (TPSA) is 74.5 Å². The summed E-state index contributed by atoms with van der Waals surface area (Å²) < 4.78 is 1.84. The summed E-state index contributed by atoms with van der Waals surface area (Å²) in [5.41, 5.74) is 2.21. The standard InChI is InChI=1S/C19H34N6O.HI/c1-5-17-16(14-25(4)23-17)12-21-19(22-13-18(26)24(2)3)20-11-15-9-7-6-8-10-15;/h14-15H,5-13H2,1-4H3,(H2,20,21,22);1H. The van der Waals surface area contributed by atoms with Crippen molar-refractivity contribution in [1.82, 2.24) is 25.3 Å². The summed E-state index contributed by atoms with van der Waals surface area (Å²) in [6.07, 6.45) is 9.46. The van der Waals surface area contributed by atoms with Crippen molar-refractivity contribution in [2.45, 2.75) is 52.0 Å². The second-order valence-electron chi connectivity index (χ2n) is 7.32. The molecule has 1 heterocycles. The molecular formula is C19H35IN6O. The highest BCUT2D eigenvalue weighted by Gasteiger charge is 2.14. The number of guanidine groups is 1. The first-order chi connectivity index (χ1) is 12.5. The highest BCUT2D eigenvalue weighted by molar-refractivity contribution is 14.0. The summed E-state index contributed by atoms with van der Waals surface area (Å²) in [5.74, 6) is 1.44. The van der Waals surface area contributed by atoms with Gasteiger partial charge in [-0.2, -0.15) is 5.10 Å². The van der Waals surface area contributed by atoms with E-state index < -0.39 is 0 Å². The Bertz CT molecular complexity index is 607. The van der Waals surface area contributed by atoms with E-state index in [1.807, 2.05) is 17.9 Å². The average molecular weight is 490 g/mol. The number of aryl methyl sites for hydroxylation is 2. The van der Waals surface area contributed by atoms with E-state index in [9.17, 15) is 4.79 Å². The lowest BCUT2D eigenvalue weighted by atomic mass is 9.89. The number of halogens is 1. The van der Waals surface area contributed by atoms with Crippen molar-refractivity contribution in [3.8, 4) is 0 Å². The van der Waals surface area contributed by atoms with Crippen LogP contribution in [0.4, 0.5) is 0 Å². The zero-order valence-corrected chi connectivity index (χ0v) is 19.5. The third-order valence-corrected chi connectivity index (χ3v) is 4.92. The molecule has 0 unspecified atom stereocenters. The van der Waals surface area contributed by atoms with Crippen molar-refractivity contribution in [3.63, 3.8) is 0 Å². The van der Waals surface area contributed by atoms with E-state index in [1.165, 1.54) is 32.1 Å². The molecule has 7 nitrogen and oxygen atoms in total. The molecule has 1 saturated carbocycles. The fourth-order valence-corrected chi connectivity index (χ4v) is 3.30. The Hall–Kier alpha value is -1.32. The number of hydrogen-bond donors (Lipinski definition) is 2. The average Bonchev–Trinajstić information content (AvgIpc) is 3.01. The maximum Gasteiger partial charge on any atom is 0.241 e. The molecule has 2 rings (SSSR count). The van der Waals surface area contributed by atoms with Crippen molar-refractivity contribution >= 4 is 35.8 Å². The van der Waals surface area contributed by atoms with Gasteiger partial charge in [0, 0.05) is 39.4 Å². The summed E-state index contributed by atoms with van der Waals surface area (Å²) in [5, 5.41) is 11.1. The lowest BCUT2D eigenvalue weighted by molar-refractivity contribution is -0.127. The van der Waals surface area contributed by atoms with E-state index in [2.05, 4.69) is 22.7 Å². The minimum atomic E-state index is 0. The summed E-state index contributed by atoms with van der Waals surface area (Å²) in [4.78, 5) is 18.2. The van der Waals surface area contributed by atoms with Gasteiger partial charge in [-0.1, -0.05) is 26.2 Å². The molecule has 8 heteroatoms. The summed E-state index contributed by atoms with van der Waals surface area (Å²) >= 11 is 0. The van der Waals surface area contributed by atoms with E-state index in [0.717, 1.165) is 24.2 Å². The Morgan fingerprint density at radius 3 is 2.63 bits per heavy atom. The van der Waals surface area contributed by atoms with Gasteiger partial charge < -0.3 is 15.5 Å². The van der Waals surface area contributed by atoms with Crippen LogP contribution in [0.25, 0.3) is 0 Å². The predicted molar refractivity (Wildman–Crippen MR) is 120 cm³/mol. The Labute approximate surface area is 180 Å². The molecular weight excluding hydrogens is 455 g/mol. The Morgan fingerprint density at radius 2 is 2.00 bits per heavy atom. The smallest absolute Gasteiger partial charge is 0.241 e. The van der Waals surface area contributed by atoms with Gasteiger partial charge in [-0.15, -0.1) is 24.0 Å². The van der Waals surface area contributed by atoms with Crippen LogP contribution in [-0.2, 0) is 24.8 Å². The van der Waals surface area contributed by atoms with Crippen LogP contribution in [0.2, 0.25) is 0 Å². The Kier molecular flexibility index (Phi) is 10.7. The first kappa shape index (κ1) is 23.7. The van der Waals surface area contributed by atoms with E-state index in [4.69, 9.17) is 4.99 Å². The fourth-order valence-electron chi connectivity index (χ4n) is 3.30. The first-order valence-corrected chi connectivity index (χ1v) is 9.73. The van der Waals surface area contributed by atoms with Crippen LogP contribution >= 0.6 is 24.0 Å². The Balaban J connectivity index is 0.00000364. The van der Waals surface area contributed by atoms with Crippen LogP contribution < -0.4 is 10.6 Å². The number of aliphatic imine (C=N–C) groups is 1. The highest BCUT2D eigenvalue weighted by atomic mass is 127. The molecule has 0 bridgehead atoms. The number of aromatic nitrogens is 2. The maximum atomic E-state index is 11.9. The SMILES string of the molecule is CCc1nn(C)cc1CN=C(NCC(=O)N(C)C)NCC1CCCCC1.I. The van der Waals surface area contributed by atoms with Gasteiger partial charge in [-0.3, -0.25) is 9.48 Å². The van der Waals surface area contributed by atoms with Crippen molar-refractivity contribution in [1.29, 1.82) is 0 Å². The summed E-state index contributed by atoms with van der Waals surface area (Å²) in [6, 6.07) is 0. The number of amides is 1. The van der Waals surface area contributed by atoms with E-state index in [0.29, 0.717) is 18.4 Å². The molecule has 1 fully saturated rings. The second-order valence-corrected chi connectivity index (χ2v) is 7.32. The van der Waals surface area contributed by atoms with Gasteiger partial charge in [0.25, 0.3) is 0 Å². The van der Waals surface area contributed by atoms with Gasteiger partial charge in [0.05, 0.1) is 18.8 Å². The molecule has 1 aliphatic carbocycles. The summed E-state index contributed by atoms with van der Waals surface area (Å²) in [7, 11) is 5.46. The number of likely N-dealkylation sites (N-methyl/N-ethyl adjacent to an activating group) is 1. The van der Waals surface area contributed by atoms with Crippen molar-refractivity contribution in [2.24, 2.45) is 18.0 Å². The molecule has 0 spiro atoms. The van der Waals surface area contributed by atoms with Crippen LogP contribution in [-0.4, -0.2) is 53.7 Å². The lowest BCUT2D eigenvalue weighted by Gasteiger charge is -2.23. The quantitative estimate of drug-likeness (QED) is 0.350. The molecule has 154 valence electrons. The minimum Gasteiger partial charge on any atom is -0.356 e. The molecule has 1 aliphatic rings. The maximum absolute atomic E-state index is 11.9. The molecule has 0 saturated heterocycles. The zero-order chi connectivity index (χ0) is 18.9. The van der Waals surface area contributed by atoms with Crippen LogP contribution in [0.5, 0.6) is 0 Å². The molecule has 0 aromatic carbocycles. The van der Waals surface area contributed by atoms with Gasteiger partial charge in [0.2, 0.25) is 5.91 Å². The van der Waals surface area contributed by atoms with Crippen LogP contribution in [0.3, 0.4) is 0 Å². The van der Waals surface area contributed by atoms with E-state index in [1.54, 1.807) is 19.0 Å². The fraction of sp³-hybridized carbons (Fsp3) is 0.737. The number of hydrogen-bond acceptors (Lipinski definition) is 3. The van der Waals surface area contributed by atoms with Crippen molar-refractivity contribution < 1.29 is 4.79 Å². The largest absolute Gasteiger partial charge is 0.356 e. The van der Waals surface area contributed by atoms with Crippen LogP contribution in [0.15, 0.2) is 11.2 Å². The predicted octanol–water partition coefficient (Wildman–Crippen LogP) is 2.30. The van der Waals surface area contributed by atoms with Crippen molar-refractivity contribution in [2.75, 3.05) is 27.2 Å². The van der Waals surface area contributed by atoms with Gasteiger partial charge >= 0.3 is 0 Å². The van der Waals surface area contributed by atoms with Gasteiger partial charge in [-0.05, 0) is 25.2 Å². The normalized spacial score (nSPS) is 15.2. The van der Waals surface area contributed by atoms with Crippen LogP contribution in [0.1, 0.15) is 50.3 Å². The zero-order valence-electron chi connectivity index (χ0n) is 17.1. The number of carbonyl (C=O) groups excluding carboxylic acids is 1. The molecule has 0 aliphatic heterocycles. The molecule has 27 heavy (non-hydrogen) atoms. The van der Waals surface area contributed by atoms with Gasteiger partial charge in [0.15, 0.2) is 5.96 Å². The number of rotatable bonds is 7. The van der Waals surface area contributed by atoms with E-state index in [-0.39, 0.29) is 36.4 Å². The number of nitrogens with zero attached hydrogens (tertiary/aromatic N) is 4. The van der Waals surface area contributed by atoms with Gasteiger partial charge in [0.1, 0.15) is 0 Å². The molecule has 1 amide bonds. The molecule has 2 N–H and O–H groups in total. The van der Waals surface area contributed by atoms with Crippen LogP contribution in [0, 0.1) is 5.92 Å². The van der Waals surface area contributed by atoms with Gasteiger partial charge in [-0.25, -0.2) is 4.99 Å². The Morgan fingerprint density at radius 1 is 1.30 bits per heavy atom. The van der Waals surface area contributed by atoms with Crippen molar-refractivity contribution in [3.05, 3.63) is 17.5 Å². The molecule has 1 aromatic heterocycles. The third kappa shape index (κ3) is 8.06. The van der Waals surface area contributed by atoms with E-state index >= 15 is 0 Å². The number of nitrogens with one attached hydrogen (secondary N) is 2. The second kappa shape index (κ2) is 12.2. The molecule has 0 radical (unpaired) electrons.